The Balaban J connectivity index is 0.000000317. The molecule has 0 aliphatic rings. The molecule has 1 aromatic carbocycles. The standard InChI is InChI=1S/C11H12N2.C2H4O2/c1-8(12)10-7-13(2)11-6-4-3-5-9(10)11;1-2(3)4/h3-7,12H,1-2H3;1H3,(H,3,4). The summed E-state index contributed by atoms with van der Waals surface area (Å²) in [4.78, 5) is 9.00. The van der Waals surface area contributed by atoms with Crippen LogP contribution < -0.4 is 0 Å². The maximum absolute atomic E-state index is 9.00. The molecule has 0 atom stereocenters. The van der Waals surface area contributed by atoms with Gasteiger partial charge in [0.2, 0.25) is 0 Å². The first-order valence-electron chi connectivity index (χ1n) is 5.22. The lowest BCUT2D eigenvalue weighted by molar-refractivity contribution is -0.134. The summed E-state index contributed by atoms with van der Waals surface area (Å²) in [5.74, 6) is -0.833. The third-order valence-electron chi connectivity index (χ3n) is 2.30. The van der Waals surface area contributed by atoms with E-state index >= 15 is 0 Å². The number of carbonyl (C=O) groups is 1. The fourth-order valence-corrected chi connectivity index (χ4v) is 1.64. The maximum atomic E-state index is 9.00. The van der Waals surface area contributed by atoms with E-state index in [1.165, 1.54) is 5.52 Å². The summed E-state index contributed by atoms with van der Waals surface area (Å²) in [6, 6.07) is 8.16. The zero-order chi connectivity index (χ0) is 13.0. The Hall–Kier alpha value is -2.10. The molecule has 2 N–H and O–H groups in total. The molecule has 0 saturated carbocycles. The number of fused-ring (bicyclic) bond motifs is 1. The minimum Gasteiger partial charge on any atom is -0.481 e. The first kappa shape index (κ1) is 13.0. The smallest absolute Gasteiger partial charge is 0.300 e. The third-order valence-corrected chi connectivity index (χ3v) is 2.30. The average molecular weight is 232 g/mol. The topological polar surface area (TPSA) is 66.1 Å². The summed E-state index contributed by atoms with van der Waals surface area (Å²) >= 11 is 0. The van der Waals surface area contributed by atoms with Gasteiger partial charge in [-0.25, -0.2) is 0 Å². The Kier molecular flexibility index (Phi) is 4.04. The molecule has 1 aromatic heterocycles. The normalized spacial score (nSPS) is 9.59. The lowest BCUT2D eigenvalue weighted by atomic mass is 10.1. The highest BCUT2D eigenvalue weighted by Crippen LogP contribution is 2.20. The van der Waals surface area contributed by atoms with E-state index in [9.17, 15) is 0 Å². The Labute approximate surface area is 100 Å². The summed E-state index contributed by atoms with van der Waals surface area (Å²) in [6.45, 7) is 2.90. The Bertz CT molecular complexity index is 552. The number of rotatable bonds is 1. The molecule has 0 bridgehead atoms. The molecule has 0 saturated heterocycles. The van der Waals surface area contributed by atoms with Gasteiger partial charge in [0, 0.05) is 42.3 Å². The van der Waals surface area contributed by atoms with Gasteiger partial charge in [0.25, 0.3) is 5.97 Å². The Morgan fingerprint density at radius 3 is 2.35 bits per heavy atom. The quantitative estimate of drug-likeness (QED) is 0.742. The fourth-order valence-electron chi connectivity index (χ4n) is 1.64. The van der Waals surface area contributed by atoms with Crippen LogP contribution in [0.3, 0.4) is 0 Å². The number of aliphatic carboxylic acids is 1. The zero-order valence-corrected chi connectivity index (χ0v) is 10.2. The number of carboxylic acids is 1. The molecule has 0 amide bonds. The molecular weight excluding hydrogens is 216 g/mol. The lowest BCUT2D eigenvalue weighted by Crippen LogP contribution is -1.89. The van der Waals surface area contributed by atoms with Crippen molar-refractivity contribution in [3.63, 3.8) is 0 Å². The first-order valence-corrected chi connectivity index (χ1v) is 5.22. The number of nitrogens with zero attached hydrogens (tertiary/aromatic N) is 1. The summed E-state index contributed by atoms with van der Waals surface area (Å²) < 4.78 is 2.06. The van der Waals surface area contributed by atoms with E-state index in [-0.39, 0.29) is 0 Å². The number of nitrogens with one attached hydrogen (secondary N) is 1. The molecule has 0 aliphatic carbocycles. The molecule has 2 aromatic rings. The molecule has 0 aliphatic heterocycles. The van der Waals surface area contributed by atoms with Gasteiger partial charge in [0.05, 0.1) is 0 Å². The van der Waals surface area contributed by atoms with Crippen molar-refractivity contribution >= 4 is 22.6 Å². The van der Waals surface area contributed by atoms with E-state index in [1.807, 2.05) is 32.3 Å². The van der Waals surface area contributed by atoms with Crippen LogP contribution in [-0.2, 0) is 11.8 Å². The van der Waals surface area contributed by atoms with Crippen molar-refractivity contribution in [3.05, 3.63) is 36.0 Å². The fraction of sp³-hybridized carbons (Fsp3) is 0.231. The number of hydrogen-bond acceptors (Lipinski definition) is 2. The lowest BCUT2D eigenvalue weighted by Gasteiger charge is -1.93. The van der Waals surface area contributed by atoms with E-state index < -0.39 is 5.97 Å². The maximum Gasteiger partial charge on any atom is 0.300 e. The van der Waals surface area contributed by atoms with E-state index in [2.05, 4.69) is 16.7 Å². The molecule has 0 radical (unpaired) electrons. The number of benzene rings is 1. The van der Waals surface area contributed by atoms with E-state index in [1.54, 1.807) is 0 Å². The molecule has 1 heterocycles. The monoisotopic (exact) mass is 232 g/mol. The number of carboxylic acid groups (broad SMARTS) is 1. The predicted molar refractivity (Wildman–Crippen MR) is 68.7 cm³/mol. The third kappa shape index (κ3) is 3.17. The molecule has 2 rings (SSSR count). The van der Waals surface area contributed by atoms with Crippen LogP contribution in [0.25, 0.3) is 10.9 Å². The van der Waals surface area contributed by atoms with Crippen LogP contribution in [0.5, 0.6) is 0 Å². The summed E-state index contributed by atoms with van der Waals surface area (Å²) in [5, 5.41) is 16.2. The van der Waals surface area contributed by atoms with Gasteiger partial charge in [0.1, 0.15) is 0 Å². The molecule has 0 unspecified atom stereocenters. The van der Waals surface area contributed by atoms with E-state index in [4.69, 9.17) is 15.3 Å². The van der Waals surface area contributed by atoms with Gasteiger partial charge in [-0.3, -0.25) is 4.79 Å². The van der Waals surface area contributed by atoms with Crippen molar-refractivity contribution in [3.8, 4) is 0 Å². The van der Waals surface area contributed by atoms with Crippen LogP contribution in [-0.4, -0.2) is 21.4 Å². The van der Waals surface area contributed by atoms with Crippen LogP contribution in [0.4, 0.5) is 0 Å². The SMILES string of the molecule is CC(=N)c1cn(C)c2ccccc12.CC(=O)O. The van der Waals surface area contributed by atoms with Crippen molar-refractivity contribution in [1.82, 2.24) is 4.57 Å². The predicted octanol–water partition coefficient (Wildman–Crippen LogP) is 2.66. The first-order chi connectivity index (χ1) is 7.93. The molecule has 90 valence electrons. The van der Waals surface area contributed by atoms with Gasteiger partial charge in [0.15, 0.2) is 0 Å². The van der Waals surface area contributed by atoms with Gasteiger partial charge in [-0.15, -0.1) is 0 Å². The van der Waals surface area contributed by atoms with Crippen molar-refractivity contribution in [1.29, 1.82) is 5.41 Å². The molecular formula is C13H16N2O2. The second-order valence-electron chi connectivity index (χ2n) is 3.81. The van der Waals surface area contributed by atoms with Crippen LogP contribution in [0.1, 0.15) is 19.4 Å². The van der Waals surface area contributed by atoms with Crippen molar-refractivity contribution in [2.45, 2.75) is 13.8 Å². The highest BCUT2D eigenvalue weighted by molar-refractivity contribution is 6.08. The Morgan fingerprint density at radius 2 is 1.82 bits per heavy atom. The van der Waals surface area contributed by atoms with Crippen molar-refractivity contribution in [2.75, 3.05) is 0 Å². The molecule has 17 heavy (non-hydrogen) atoms. The molecule has 4 heteroatoms. The summed E-state index contributed by atoms with van der Waals surface area (Å²) in [6.07, 6.45) is 2.01. The minimum atomic E-state index is -0.833. The van der Waals surface area contributed by atoms with E-state index in [0.29, 0.717) is 5.71 Å². The average Bonchev–Trinajstić information content (AvgIpc) is 2.56. The van der Waals surface area contributed by atoms with Crippen molar-refractivity contribution < 1.29 is 9.90 Å². The highest BCUT2D eigenvalue weighted by atomic mass is 16.4. The largest absolute Gasteiger partial charge is 0.481 e. The highest BCUT2D eigenvalue weighted by Gasteiger charge is 2.05. The van der Waals surface area contributed by atoms with Gasteiger partial charge < -0.3 is 15.1 Å². The second-order valence-corrected chi connectivity index (χ2v) is 3.81. The summed E-state index contributed by atoms with van der Waals surface area (Å²) in [5.41, 5.74) is 2.83. The van der Waals surface area contributed by atoms with Crippen LogP contribution in [0.2, 0.25) is 0 Å². The van der Waals surface area contributed by atoms with Gasteiger partial charge in [-0.2, -0.15) is 0 Å². The van der Waals surface area contributed by atoms with Gasteiger partial charge in [-0.05, 0) is 13.0 Å². The van der Waals surface area contributed by atoms with Crippen LogP contribution in [0, 0.1) is 5.41 Å². The summed E-state index contributed by atoms with van der Waals surface area (Å²) in [7, 11) is 2.01. The molecule has 0 fully saturated rings. The van der Waals surface area contributed by atoms with Gasteiger partial charge >= 0.3 is 0 Å². The van der Waals surface area contributed by atoms with Crippen molar-refractivity contribution in [2.24, 2.45) is 7.05 Å². The second kappa shape index (κ2) is 5.30. The Morgan fingerprint density at radius 1 is 1.29 bits per heavy atom. The molecule has 4 nitrogen and oxygen atoms in total. The number of aromatic nitrogens is 1. The molecule has 0 spiro atoms. The zero-order valence-electron chi connectivity index (χ0n) is 10.2. The van der Waals surface area contributed by atoms with Gasteiger partial charge in [-0.1, -0.05) is 18.2 Å². The van der Waals surface area contributed by atoms with Crippen LogP contribution >= 0.6 is 0 Å². The van der Waals surface area contributed by atoms with E-state index in [0.717, 1.165) is 17.9 Å². The number of para-hydroxylation sites is 1. The minimum absolute atomic E-state index is 0.622. The van der Waals surface area contributed by atoms with Crippen LogP contribution in [0.15, 0.2) is 30.5 Å². The number of aryl methyl sites for hydroxylation is 1. The number of hydrogen-bond donors (Lipinski definition) is 2.